The van der Waals surface area contributed by atoms with Crippen LogP contribution in [0.25, 0.3) is 0 Å². The molecular formula is C10H24O4Si. The molecule has 0 aromatic heterocycles. The first-order chi connectivity index (χ1) is 7.24. The van der Waals surface area contributed by atoms with Crippen LogP contribution in [0.2, 0.25) is 12.1 Å². The third-order valence-electron chi connectivity index (χ3n) is 2.38. The summed E-state index contributed by atoms with van der Waals surface area (Å²) in [6.45, 7) is 6.74. The molecule has 0 atom stereocenters. The maximum atomic E-state index is 5.85. The van der Waals surface area contributed by atoms with Gasteiger partial charge in [-0.15, -0.1) is 0 Å². The van der Waals surface area contributed by atoms with E-state index in [9.17, 15) is 0 Å². The van der Waals surface area contributed by atoms with Gasteiger partial charge in [-0.05, 0) is 12.1 Å². The van der Waals surface area contributed by atoms with Crippen LogP contribution in [0.3, 0.4) is 0 Å². The Morgan fingerprint density at radius 1 is 0.733 bits per heavy atom. The van der Waals surface area contributed by atoms with Gasteiger partial charge in [-0.25, -0.2) is 0 Å². The van der Waals surface area contributed by atoms with Crippen molar-refractivity contribution in [1.82, 2.24) is 0 Å². The average Bonchev–Trinajstić information content (AvgIpc) is 2.28. The van der Waals surface area contributed by atoms with Crippen molar-refractivity contribution in [2.75, 3.05) is 40.6 Å². The second-order valence-electron chi connectivity index (χ2n) is 3.30. The lowest BCUT2D eigenvalue weighted by Crippen LogP contribution is -2.42. The van der Waals surface area contributed by atoms with Gasteiger partial charge in [-0.2, -0.15) is 0 Å². The van der Waals surface area contributed by atoms with Gasteiger partial charge in [-0.3, -0.25) is 0 Å². The number of ether oxygens (including phenoxy) is 2. The van der Waals surface area contributed by atoms with E-state index >= 15 is 0 Å². The number of hydrogen-bond acceptors (Lipinski definition) is 4. The van der Waals surface area contributed by atoms with Crippen LogP contribution < -0.4 is 0 Å². The van der Waals surface area contributed by atoms with Gasteiger partial charge >= 0.3 is 8.56 Å². The summed E-state index contributed by atoms with van der Waals surface area (Å²) in [7, 11) is 1.38. The van der Waals surface area contributed by atoms with Crippen molar-refractivity contribution >= 4 is 8.56 Å². The van der Waals surface area contributed by atoms with E-state index in [1.165, 1.54) is 0 Å². The highest BCUT2D eigenvalue weighted by Crippen LogP contribution is 2.18. The van der Waals surface area contributed by atoms with Crippen molar-refractivity contribution in [2.24, 2.45) is 0 Å². The lowest BCUT2D eigenvalue weighted by Gasteiger charge is -2.28. The van der Waals surface area contributed by atoms with E-state index in [2.05, 4.69) is 13.8 Å². The van der Waals surface area contributed by atoms with Crippen LogP contribution in [0.4, 0.5) is 0 Å². The maximum Gasteiger partial charge on any atom is 0.337 e. The second-order valence-corrected chi connectivity index (χ2v) is 7.11. The van der Waals surface area contributed by atoms with Gasteiger partial charge in [0.1, 0.15) is 0 Å². The van der Waals surface area contributed by atoms with Crippen LogP contribution in [0.1, 0.15) is 13.8 Å². The van der Waals surface area contributed by atoms with E-state index in [-0.39, 0.29) is 0 Å². The molecule has 0 spiro atoms. The molecule has 0 aliphatic carbocycles. The second kappa shape index (κ2) is 9.29. The van der Waals surface area contributed by atoms with Crippen LogP contribution in [0.15, 0.2) is 0 Å². The van der Waals surface area contributed by atoms with Crippen molar-refractivity contribution in [2.45, 2.75) is 25.9 Å². The lowest BCUT2D eigenvalue weighted by atomic mass is 10.8. The minimum Gasteiger partial charge on any atom is -0.392 e. The molecule has 0 bridgehead atoms. The smallest absolute Gasteiger partial charge is 0.337 e. The first-order valence-electron chi connectivity index (χ1n) is 5.50. The fourth-order valence-electron chi connectivity index (χ4n) is 1.32. The molecule has 0 N–H and O–H groups in total. The fourth-order valence-corrected chi connectivity index (χ4v) is 3.63. The number of rotatable bonds is 10. The SMILES string of the molecule is CC[Si](CC)(OCCOC)OCCOC. The summed E-state index contributed by atoms with van der Waals surface area (Å²) in [5.74, 6) is 0. The molecule has 0 fully saturated rings. The van der Waals surface area contributed by atoms with Gasteiger partial charge in [0, 0.05) is 14.2 Å². The molecule has 4 nitrogen and oxygen atoms in total. The van der Waals surface area contributed by atoms with E-state index in [1.807, 2.05) is 0 Å². The van der Waals surface area contributed by atoms with Gasteiger partial charge < -0.3 is 18.3 Å². The van der Waals surface area contributed by atoms with E-state index in [0.717, 1.165) is 12.1 Å². The molecule has 5 heteroatoms. The quantitative estimate of drug-likeness (QED) is 0.428. The Hall–Kier alpha value is 0.0569. The summed E-state index contributed by atoms with van der Waals surface area (Å²) in [5.41, 5.74) is 0. The zero-order valence-electron chi connectivity index (χ0n) is 10.4. The molecule has 0 saturated carbocycles. The lowest BCUT2D eigenvalue weighted by molar-refractivity contribution is 0.0866. The highest BCUT2D eigenvalue weighted by atomic mass is 28.4. The Labute approximate surface area is 94.1 Å². The minimum atomic E-state index is -1.98. The van der Waals surface area contributed by atoms with Gasteiger partial charge in [0.2, 0.25) is 0 Å². The van der Waals surface area contributed by atoms with Crippen LogP contribution in [-0.2, 0) is 18.3 Å². The van der Waals surface area contributed by atoms with Crippen LogP contribution in [-0.4, -0.2) is 49.2 Å². The van der Waals surface area contributed by atoms with Crippen LogP contribution >= 0.6 is 0 Å². The Morgan fingerprint density at radius 3 is 1.40 bits per heavy atom. The summed E-state index contributed by atoms with van der Waals surface area (Å²) in [6.07, 6.45) is 0. The van der Waals surface area contributed by atoms with Gasteiger partial charge in [0.05, 0.1) is 26.4 Å². The normalized spacial score (nSPS) is 12.0. The molecule has 0 heterocycles. The summed E-state index contributed by atoms with van der Waals surface area (Å²) in [6, 6.07) is 1.94. The Balaban J connectivity index is 3.93. The standard InChI is InChI=1S/C10H24O4Si/c1-5-15(6-2,13-9-7-11-3)14-10-8-12-4/h5-10H2,1-4H3. The van der Waals surface area contributed by atoms with E-state index < -0.39 is 8.56 Å². The summed E-state index contributed by atoms with van der Waals surface area (Å²) < 4.78 is 21.6. The molecule has 0 saturated heterocycles. The highest BCUT2D eigenvalue weighted by Gasteiger charge is 2.33. The number of methoxy groups -OCH3 is 2. The molecular weight excluding hydrogens is 212 g/mol. The molecule has 92 valence electrons. The maximum absolute atomic E-state index is 5.85. The Morgan fingerprint density at radius 2 is 1.13 bits per heavy atom. The van der Waals surface area contributed by atoms with E-state index in [4.69, 9.17) is 18.3 Å². The molecule has 0 radical (unpaired) electrons. The van der Waals surface area contributed by atoms with Gasteiger partial charge in [0.15, 0.2) is 0 Å². The largest absolute Gasteiger partial charge is 0.392 e. The average molecular weight is 236 g/mol. The molecule has 0 aliphatic heterocycles. The summed E-state index contributed by atoms with van der Waals surface area (Å²) >= 11 is 0. The third kappa shape index (κ3) is 6.27. The Bertz CT molecular complexity index is 127. The molecule has 0 amide bonds. The predicted molar refractivity (Wildman–Crippen MR) is 62.4 cm³/mol. The van der Waals surface area contributed by atoms with Gasteiger partial charge in [0.25, 0.3) is 0 Å². The molecule has 0 rings (SSSR count). The van der Waals surface area contributed by atoms with E-state index in [0.29, 0.717) is 26.4 Å². The zero-order valence-corrected chi connectivity index (χ0v) is 11.4. The highest BCUT2D eigenvalue weighted by molar-refractivity contribution is 6.67. The number of hydrogen-bond donors (Lipinski definition) is 0. The monoisotopic (exact) mass is 236 g/mol. The predicted octanol–water partition coefficient (Wildman–Crippen LogP) is 1.79. The van der Waals surface area contributed by atoms with E-state index in [1.54, 1.807) is 14.2 Å². The summed E-state index contributed by atoms with van der Waals surface area (Å²) in [5, 5.41) is 0. The van der Waals surface area contributed by atoms with Crippen molar-refractivity contribution in [3.63, 3.8) is 0 Å². The topological polar surface area (TPSA) is 36.9 Å². The van der Waals surface area contributed by atoms with Crippen molar-refractivity contribution in [3.8, 4) is 0 Å². The van der Waals surface area contributed by atoms with Crippen LogP contribution in [0, 0.1) is 0 Å². The zero-order chi connectivity index (χ0) is 11.6. The van der Waals surface area contributed by atoms with Crippen molar-refractivity contribution in [3.05, 3.63) is 0 Å². The van der Waals surface area contributed by atoms with Crippen LogP contribution in [0.5, 0.6) is 0 Å². The third-order valence-corrected chi connectivity index (χ3v) is 6.00. The molecule has 0 unspecified atom stereocenters. The summed E-state index contributed by atoms with van der Waals surface area (Å²) in [4.78, 5) is 0. The molecule has 0 aromatic carbocycles. The first-order valence-corrected chi connectivity index (χ1v) is 7.73. The Kier molecular flexibility index (Phi) is 9.33. The minimum absolute atomic E-state index is 0.622. The molecule has 0 aromatic rings. The van der Waals surface area contributed by atoms with Crippen molar-refractivity contribution in [1.29, 1.82) is 0 Å². The first kappa shape index (κ1) is 15.1. The molecule has 15 heavy (non-hydrogen) atoms. The van der Waals surface area contributed by atoms with Gasteiger partial charge in [-0.1, -0.05) is 13.8 Å². The fraction of sp³-hybridized carbons (Fsp3) is 1.00. The molecule has 0 aliphatic rings. The van der Waals surface area contributed by atoms with Crippen molar-refractivity contribution < 1.29 is 18.3 Å².